The van der Waals surface area contributed by atoms with Crippen LogP contribution in [0.5, 0.6) is 0 Å². The number of amides is 4. The number of carboxylic acid groups (broad SMARTS) is 1. The van der Waals surface area contributed by atoms with E-state index in [0.717, 1.165) is 24.8 Å². The summed E-state index contributed by atoms with van der Waals surface area (Å²) in [6, 6.07) is 4.97. The van der Waals surface area contributed by atoms with Crippen molar-refractivity contribution in [1.29, 1.82) is 0 Å². The van der Waals surface area contributed by atoms with E-state index in [4.69, 9.17) is 5.11 Å². The van der Waals surface area contributed by atoms with E-state index in [2.05, 4.69) is 27.3 Å². The summed E-state index contributed by atoms with van der Waals surface area (Å²) in [6.45, 7) is 7.29. The van der Waals surface area contributed by atoms with Crippen molar-refractivity contribution in [2.75, 3.05) is 13.6 Å². The number of aryl methyl sites for hydroxylation is 1. The molecule has 2 aliphatic rings. The molecule has 1 aromatic rings. The van der Waals surface area contributed by atoms with Crippen molar-refractivity contribution in [2.45, 2.75) is 96.4 Å². The number of likely N-dealkylation sites (tertiary alicyclic amines) is 1. The summed E-state index contributed by atoms with van der Waals surface area (Å²) in [5.74, 6) is -2.60. The summed E-state index contributed by atoms with van der Waals surface area (Å²) >= 11 is 0. The first-order valence-corrected chi connectivity index (χ1v) is 14.0. The van der Waals surface area contributed by atoms with Crippen LogP contribution in [-0.4, -0.2) is 77.4 Å². The lowest BCUT2D eigenvalue weighted by Crippen LogP contribution is -2.59. The van der Waals surface area contributed by atoms with E-state index in [1.54, 1.807) is 14.0 Å². The Hall–Kier alpha value is -3.47. The van der Waals surface area contributed by atoms with Gasteiger partial charge in [-0.1, -0.05) is 45.0 Å². The normalized spacial score (nSPS) is 22.0. The summed E-state index contributed by atoms with van der Waals surface area (Å²) in [7, 11) is 1.65. The van der Waals surface area contributed by atoms with E-state index in [1.165, 1.54) is 10.5 Å². The number of aliphatic carboxylic acids is 1. The van der Waals surface area contributed by atoms with Crippen molar-refractivity contribution in [3.05, 3.63) is 35.4 Å². The number of carbonyl (C=O) groups excluding carboxylic acids is 4. The summed E-state index contributed by atoms with van der Waals surface area (Å²) in [6.07, 6.45) is 2.33. The van der Waals surface area contributed by atoms with Crippen molar-refractivity contribution in [3.63, 3.8) is 0 Å². The third-order valence-corrected chi connectivity index (χ3v) is 7.73. The molecule has 0 aromatic heterocycles. The molecule has 5 N–H and O–H groups in total. The Balaban J connectivity index is 1.84. The summed E-state index contributed by atoms with van der Waals surface area (Å²) in [5.41, 5.74) is 1.60. The van der Waals surface area contributed by atoms with Gasteiger partial charge in [0.25, 0.3) is 0 Å². The zero-order valence-corrected chi connectivity index (χ0v) is 24.1. The second kappa shape index (κ2) is 13.3. The first-order chi connectivity index (χ1) is 18.8. The fourth-order valence-corrected chi connectivity index (χ4v) is 5.34. The number of hydrogen-bond donors (Lipinski definition) is 5. The van der Waals surface area contributed by atoms with E-state index in [-0.39, 0.29) is 43.7 Å². The molecule has 0 bridgehead atoms. The number of fused-ring (bicyclic) bond motifs is 1. The van der Waals surface area contributed by atoms with Gasteiger partial charge in [-0.2, -0.15) is 0 Å². The zero-order chi connectivity index (χ0) is 29.6. The molecule has 11 heteroatoms. The molecule has 1 heterocycles. The highest BCUT2D eigenvalue weighted by Gasteiger charge is 2.45. The molecule has 1 fully saturated rings. The highest BCUT2D eigenvalue weighted by molar-refractivity contribution is 5.94. The van der Waals surface area contributed by atoms with Gasteiger partial charge in [0.15, 0.2) is 0 Å². The molecule has 1 saturated heterocycles. The van der Waals surface area contributed by atoms with Crippen molar-refractivity contribution < 1.29 is 29.1 Å². The minimum atomic E-state index is -1.08. The first-order valence-electron chi connectivity index (χ1n) is 14.0. The molecular formula is C29H43N5O6. The Morgan fingerprint density at radius 1 is 1.07 bits per heavy atom. The second-order valence-electron chi connectivity index (χ2n) is 11.9. The molecule has 1 aromatic carbocycles. The van der Waals surface area contributed by atoms with E-state index in [0.29, 0.717) is 0 Å². The standard InChI is InChI=1S/C29H43N5O6/c1-17(30-5)26(38)33-25(29(2,3)4)28(40)34-16-19(31-23(35)13-14-24(36)37)15-22(34)27(39)32-21-12-8-10-18-9-6-7-11-20(18)21/h6-7,9,11,17,19,21-22,25,30H,8,10,12-16H2,1-5H3,(H,31,35)(H,32,39)(H,33,38)(H,36,37)/t17-,19-,21+,22-,25+/m0/s1. The molecule has 4 amide bonds. The van der Waals surface area contributed by atoms with Gasteiger partial charge in [0.05, 0.1) is 18.5 Å². The molecule has 0 radical (unpaired) electrons. The van der Waals surface area contributed by atoms with E-state index in [1.807, 2.05) is 39.0 Å². The van der Waals surface area contributed by atoms with Crippen LogP contribution in [-0.2, 0) is 30.4 Å². The molecule has 1 aliphatic heterocycles. The van der Waals surface area contributed by atoms with Crippen LogP contribution in [0.15, 0.2) is 24.3 Å². The van der Waals surface area contributed by atoms with Crippen LogP contribution in [0, 0.1) is 5.41 Å². The maximum atomic E-state index is 14.0. The molecular weight excluding hydrogens is 514 g/mol. The van der Waals surface area contributed by atoms with Crippen molar-refractivity contribution >= 4 is 29.6 Å². The van der Waals surface area contributed by atoms with Crippen LogP contribution < -0.4 is 21.3 Å². The Kier molecular flexibility index (Phi) is 10.3. The zero-order valence-electron chi connectivity index (χ0n) is 24.1. The number of carbonyl (C=O) groups is 5. The number of rotatable bonds is 10. The van der Waals surface area contributed by atoms with Crippen LogP contribution >= 0.6 is 0 Å². The molecule has 3 rings (SSSR count). The third kappa shape index (κ3) is 7.80. The van der Waals surface area contributed by atoms with Gasteiger partial charge in [-0.15, -0.1) is 0 Å². The van der Waals surface area contributed by atoms with Gasteiger partial charge in [-0.3, -0.25) is 24.0 Å². The van der Waals surface area contributed by atoms with Crippen molar-refractivity contribution in [3.8, 4) is 0 Å². The third-order valence-electron chi connectivity index (χ3n) is 7.73. The molecule has 0 unspecified atom stereocenters. The molecule has 1 aliphatic carbocycles. The molecule has 0 spiro atoms. The van der Waals surface area contributed by atoms with Crippen LogP contribution in [0.3, 0.4) is 0 Å². The number of benzene rings is 1. The fourth-order valence-electron chi connectivity index (χ4n) is 5.34. The number of nitrogens with zero attached hydrogens (tertiary/aromatic N) is 1. The van der Waals surface area contributed by atoms with Gasteiger partial charge >= 0.3 is 5.97 Å². The molecule has 220 valence electrons. The Labute approximate surface area is 235 Å². The minimum absolute atomic E-state index is 0.0705. The van der Waals surface area contributed by atoms with Crippen molar-refractivity contribution in [1.82, 2.24) is 26.2 Å². The van der Waals surface area contributed by atoms with Crippen LogP contribution in [0.1, 0.15) is 77.0 Å². The van der Waals surface area contributed by atoms with Gasteiger partial charge in [0.2, 0.25) is 23.6 Å². The monoisotopic (exact) mass is 557 g/mol. The van der Waals surface area contributed by atoms with Gasteiger partial charge in [-0.25, -0.2) is 0 Å². The lowest BCUT2D eigenvalue weighted by atomic mass is 9.85. The van der Waals surface area contributed by atoms with Crippen LogP contribution in [0.25, 0.3) is 0 Å². The first kappa shape index (κ1) is 31.1. The van der Waals surface area contributed by atoms with Gasteiger partial charge in [0, 0.05) is 19.0 Å². The van der Waals surface area contributed by atoms with Crippen LogP contribution in [0.4, 0.5) is 0 Å². The lowest BCUT2D eigenvalue weighted by molar-refractivity contribution is -0.144. The Morgan fingerprint density at radius 3 is 2.42 bits per heavy atom. The molecule has 40 heavy (non-hydrogen) atoms. The Bertz CT molecular complexity index is 1120. The van der Waals surface area contributed by atoms with E-state index < -0.39 is 47.4 Å². The predicted molar refractivity (Wildman–Crippen MR) is 149 cm³/mol. The highest BCUT2D eigenvalue weighted by atomic mass is 16.4. The number of carboxylic acids is 1. The maximum absolute atomic E-state index is 14.0. The van der Waals surface area contributed by atoms with E-state index >= 15 is 0 Å². The second-order valence-corrected chi connectivity index (χ2v) is 11.9. The van der Waals surface area contributed by atoms with E-state index in [9.17, 15) is 24.0 Å². The smallest absolute Gasteiger partial charge is 0.303 e. The van der Waals surface area contributed by atoms with Gasteiger partial charge in [0.1, 0.15) is 12.1 Å². The topological polar surface area (TPSA) is 157 Å². The maximum Gasteiger partial charge on any atom is 0.303 e. The SMILES string of the molecule is CN[C@@H](C)C(=O)N[C@H](C(=O)N1C[C@@H](NC(=O)CCC(=O)O)C[C@H]1C(=O)N[C@@H]1CCCc2ccccc21)C(C)(C)C. The van der Waals surface area contributed by atoms with Gasteiger partial charge in [-0.05, 0) is 56.2 Å². The average Bonchev–Trinajstić information content (AvgIpc) is 3.33. The van der Waals surface area contributed by atoms with Gasteiger partial charge < -0.3 is 31.3 Å². The molecule has 5 atom stereocenters. The minimum Gasteiger partial charge on any atom is -0.481 e. The largest absolute Gasteiger partial charge is 0.481 e. The number of hydrogen-bond acceptors (Lipinski definition) is 6. The van der Waals surface area contributed by atoms with Crippen molar-refractivity contribution in [2.24, 2.45) is 5.41 Å². The Morgan fingerprint density at radius 2 is 1.77 bits per heavy atom. The predicted octanol–water partition coefficient (Wildman–Crippen LogP) is 1.27. The lowest BCUT2D eigenvalue weighted by Gasteiger charge is -2.36. The molecule has 0 saturated carbocycles. The highest BCUT2D eigenvalue weighted by Crippen LogP contribution is 2.31. The summed E-state index contributed by atoms with van der Waals surface area (Å²) < 4.78 is 0. The number of likely N-dealkylation sites (N-methyl/N-ethyl adjacent to an activating group) is 1. The molecule has 11 nitrogen and oxygen atoms in total. The summed E-state index contributed by atoms with van der Waals surface area (Å²) in [5, 5.41) is 20.6. The fraction of sp³-hybridized carbons (Fsp3) is 0.621. The quantitative estimate of drug-likeness (QED) is 0.290. The average molecular weight is 558 g/mol. The summed E-state index contributed by atoms with van der Waals surface area (Å²) in [4.78, 5) is 65.3. The number of nitrogens with one attached hydrogen (secondary N) is 4. The van der Waals surface area contributed by atoms with Crippen LogP contribution in [0.2, 0.25) is 0 Å².